The van der Waals surface area contributed by atoms with Gasteiger partial charge < -0.3 is 14.4 Å². The molecule has 1 heterocycles. The second-order valence-corrected chi connectivity index (χ2v) is 8.29. The number of rotatable bonds is 10. The smallest absolute Gasteiger partial charge is 0.162 e. The average Bonchev–Trinajstić information content (AvgIpc) is 2.85. The van der Waals surface area contributed by atoms with Crippen molar-refractivity contribution in [2.75, 3.05) is 39.3 Å². The molecule has 1 aliphatic rings. The molecule has 0 bridgehead atoms. The van der Waals surface area contributed by atoms with Crippen LogP contribution in [0, 0.1) is 0 Å². The molecule has 1 fully saturated rings. The third-order valence-corrected chi connectivity index (χ3v) is 6.01. The maximum absolute atomic E-state index is 6.51. The first kappa shape index (κ1) is 22.4. The Morgan fingerprint density at radius 2 is 1.31 bits per heavy atom. The van der Waals surface area contributed by atoms with Gasteiger partial charge in [-0.15, -0.1) is 0 Å². The van der Waals surface area contributed by atoms with E-state index in [9.17, 15) is 0 Å². The van der Waals surface area contributed by atoms with Crippen LogP contribution in [0.2, 0.25) is 0 Å². The Balaban J connectivity index is 1.34. The lowest BCUT2D eigenvalue weighted by molar-refractivity contribution is 0.105. The Bertz CT molecular complexity index is 924. The van der Waals surface area contributed by atoms with E-state index in [4.69, 9.17) is 9.47 Å². The van der Waals surface area contributed by atoms with Crippen LogP contribution in [0.25, 0.3) is 0 Å². The molecular formula is C28H34N2O2. The molecule has 32 heavy (non-hydrogen) atoms. The van der Waals surface area contributed by atoms with E-state index in [0.717, 1.165) is 57.2 Å². The molecule has 1 aliphatic heterocycles. The third kappa shape index (κ3) is 6.35. The highest BCUT2D eigenvalue weighted by molar-refractivity contribution is 5.40. The van der Waals surface area contributed by atoms with Gasteiger partial charge in [-0.3, -0.25) is 4.90 Å². The number of ether oxygens (including phenoxy) is 2. The van der Waals surface area contributed by atoms with E-state index in [0.29, 0.717) is 6.61 Å². The maximum atomic E-state index is 6.51. The van der Waals surface area contributed by atoms with Gasteiger partial charge in [-0.2, -0.15) is 0 Å². The minimum absolute atomic E-state index is 0.000143. The van der Waals surface area contributed by atoms with Crippen molar-refractivity contribution in [2.24, 2.45) is 0 Å². The van der Waals surface area contributed by atoms with E-state index < -0.39 is 0 Å². The van der Waals surface area contributed by atoms with E-state index in [1.807, 2.05) is 31.2 Å². The molecule has 3 aromatic rings. The Hall–Kier alpha value is -2.82. The van der Waals surface area contributed by atoms with Crippen LogP contribution >= 0.6 is 0 Å². The van der Waals surface area contributed by atoms with Crippen LogP contribution in [-0.4, -0.2) is 49.1 Å². The second-order valence-electron chi connectivity index (χ2n) is 8.29. The summed E-state index contributed by atoms with van der Waals surface area (Å²) in [4.78, 5) is 5.12. The van der Waals surface area contributed by atoms with Gasteiger partial charge in [-0.25, -0.2) is 0 Å². The molecule has 4 nitrogen and oxygen atoms in total. The van der Waals surface area contributed by atoms with Crippen molar-refractivity contribution in [3.8, 4) is 11.5 Å². The van der Waals surface area contributed by atoms with Crippen LogP contribution in [0.5, 0.6) is 11.5 Å². The third-order valence-electron chi connectivity index (χ3n) is 6.01. The first-order valence-corrected chi connectivity index (χ1v) is 11.7. The number of nitrogens with zero attached hydrogens (tertiary/aromatic N) is 2. The van der Waals surface area contributed by atoms with Crippen LogP contribution in [0.3, 0.4) is 0 Å². The van der Waals surface area contributed by atoms with Gasteiger partial charge in [0.1, 0.15) is 6.10 Å². The SMILES string of the molecule is CCOc1ccccc1O[C@H](CCN1CCN(Cc2ccccc2)CC1)c1ccccc1. The highest BCUT2D eigenvalue weighted by Gasteiger charge is 2.21. The van der Waals surface area contributed by atoms with Gasteiger partial charge >= 0.3 is 0 Å². The largest absolute Gasteiger partial charge is 0.490 e. The molecule has 0 radical (unpaired) electrons. The molecule has 3 aromatic carbocycles. The first-order valence-electron chi connectivity index (χ1n) is 11.7. The molecule has 0 aliphatic carbocycles. The van der Waals surface area contributed by atoms with Crippen LogP contribution in [0.1, 0.15) is 30.6 Å². The van der Waals surface area contributed by atoms with Gasteiger partial charge in [0.25, 0.3) is 0 Å². The summed E-state index contributed by atoms with van der Waals surface area (Å²) in [6, 6.07) is 29.3. The lowest BCUT2D eigenvalue weighted by atomic mass is 10.1. The fourth-order valence-corrected chi connectivity index (χ4v) is 4.25. The minimum atomic E-state index is 0.000143. The molecule has 168 valence electrons. The summed E-state index contributed by atoms with van der Waals surface area (Å²) in [5.74, 6) is 1.63. The minimum Gasteiger partial charge on any atom is -0.490 e. The van der Waals surface area contributed by atoms with Crippen molar-refractivity contribution in [1.82, 2.24) is 9.80 Å². The summed E-state index contributed by atoms with van der Waals surface area (Å²) in [6.45, 7) is 9.12. The molecule has 4 rings (SSSR count). The van der Waals surface area contributed by atoms with E-state index in [1.54, 1.807) is 0 Å². The van der Waals surface area contributed by atoms with Crippen molar-refractivity contribution in [2.45, 2.75) is 26.0 Å². The molecule has 0 spiro atoms. The summed E-state index contributed by atoms with van der Waals surface area (Å²) >= 11 is 0. The van der Waals surface area contributed by atoms with Crippen LogP contribution in [0.4, 0.5) is 0 Å². The Labute approximate surface area is 192 Å². The zero-order valence-corrected chi connectivity index (χ0v) is 19.0. The number of hydrogen-bond acceptors (Lipinski definition) is 4. The summed E-state index contributed by atoms with van der Waals surface area (Å²) in [7, 11) is 0. The lowest BCUT2D eigenvalue weighted by Crippen LogP contribution is -2.46. The van der Waals surface area contributed by atoms with Crippen molar-refractivity contribution in [3.05, 3.63) is 96.1 Å². The monoisotopic (exact) mass is 430 g/mol. The summed E-state index contributed by atoms with van der Waals surface area (Å²) in [5, 5.41) is 0. The number of para-hydroxylation sites is 2. The Kier molecular flexibility index (Phi) is 8.18. The predicted molar refractivity (Wildman–Crippen MR) is 130 cm³/mol. The highest BCUT2D eigenvalue weighted by atomic mass is 16.5. The second kappa shape index (κ2) is 11.7. The fourth-order valence-electron chi connectivity index (χ4n) is 4.25. The van der Waals surface area contributed by atoms with E-state index in [-0.39, 0.29) is 6.10 Å². The number of benzene rings is 3. The van der Waals surface area contributed by atoms with Gasteiger partial charge in [0.05, 0.1) is 6.61 Å². The zero-order chi connectivity index (χ0) is 22.0. The first-order chi connectivity index (χ1) is 15.8. The number of hydrogen-bond donors (Lipinski definition) is 0. The predicted octanol–water partition coefficient (Wildman–Crippen LogP) is 5.41. The van der Waals surface area contributed by atoms with Gasteiger partial charge in [-0.1, -0.05) is 72.8 Å². The molecule has 0 unspecified atom stereocenters. The van der Waals surface area contributed by atoms with Crippen molar-refractivity contribution in [3.63, 3.8) is 0 Å². The number of piperazine rings is 1. The van der Waals surface area contributed by atoms with Crippen LogP contribution in [-0.2, 0) is 6.54 Å². The summed E-state index contributed by atoms with van der Waals surface area (Å²) in [6.07, 6.45) is 0.948. The summed E-state index contributed by atoms with van der Waals surface area (Å²) in [5.41, 5.74) is 2.60. The van der Waals surface area contributed by atoms with Crippen LogP contribution in [0.15, 0.2) is 84.9 Å². The van der Waals surface area contributed by atoms with Crippen LogP contribution < -0.4 is 9.47 Å². The average molecular weight is 431 g/mol. The molecule has 0 aromatic heterocycles. The quantitative estimate of drug-likeness (QED) is 0.429. The molecule has 1 saturated heterocycles. The molecular weight excluding hydrogens is 396 g/mol. The Morgan fingerprint density at radius 3 is 2.00 bits per heavy atom. The maximum Gasteiger partial charge on any atom is 0.162 e. The van der Waals surface area contributed by atoms with E-state index in [1.165, 1.54) is 11.1 Å². The molecule has 0 amide bonds. The van der Waals surface area contributed by atoms with Gasteiger partial charge in [0, 0.05) is 45.7 Å². The Morgan fingerprint density at radius 1 is 0.719 bits per heavy atom. The van der Waals surface area contributed by atoms with E-state index >= 15 is 0 Å². The summed E-state index contributed by atoms with van der Waals surface area (Å²) < 4.78 is 12.3. The van der Waals surface area contributed by atoms with E-state index in [2.05, 4.69) is 70.5 Å². The van der Waals surface area contributed by atoms with Gasteiger partial charge in [0.15, 0.2) is 11.5 Å². The van der Waals surface area contributed by atoms with Crippen molar-refractivity contribution in [1.29, 1.82) is 0 Å². The normalized spacial score (nSPS) is 15.9. The van der Waals surface area contributed by atoms with Crippen molar-refractivity contribution >= 4 is 0 Å². The zero-order valence-electron chi connectivity index (χ0n) is 19.0. The topological polar surface area (TPSA) is 24.9 Å². The molecule has 1 atom stereocenters. The van der Waals surface area contributed by atoms with Gasteiger partial charge in [0.2, 0.25) is 0 Å². The molecule has 4 heteroatoms. The molecule has 0 N–H and O–H groups in total. The lowest BCUT2D eigenvalue weighted by Gasteiger charge is -2.35. The highest BCUT2D eigenvalue weighted by Crippen LogP contribution is 2.32. The van der Waals surface area contributed by atoms with Crippen molar-refractivity contribution < 1.29 is 9.47 Å². The standard InChI is InChI=1S/C28H34N2O2/c1-2-31-27-15-9-10-16-28(27)32-26(25-13-7-4-8-14-25)17-18-29-19-21-30(22-20-29)23-24-11-5-3-6-12-24/h3-16,26H,2,17-23H2,1H3/t26-/m1/s1. The molecule has 0 saturated carbocycles. The fraction of sp³-hybridized carbons (Fsp3) is 0.357. The van der Waals surface area contributed by atoms with Gasteiger partial charge in [-0.05, 0) is 30.2 Å².